The summed E-state index contributed by atoms with van der Waals surface area (Å²) in [4.78, 5) is 0. The van der Waals surface area contributed by atoms with Gasteiger partial charge in [0.1, 0.15) is 17.1 Å². The topological polar surface area (TPSA) is 22.4 Å². The lowest BCUT2D eigenvalue weighted by atomic mass is 10.1. The zero-order valence-corrected chi connectivity index (χ0v) is 24.1. The molecule has 0 spiro atoms. The lowest BCUT2D eigenvalue weighted by Crippen LogP contribution is -1.84. The molecular formula is C31H54O2. The van der Waals surface area contributed by atoms with Gasteiger partial charge in [-0.3, -0.25) is 0 Å². The minimum Gasteiger partial charge on any atom is -0.497 e. The van der Waals surface area contributed by atoms with Crippen molar-refractivity contribution in [1.29, 1.82) is 0 Å². The third-order valence-corrected chi connectivity index (χ3v) is 3.23. The van der Waals surface area contributed by atoms with Gasteiger partial charge in [-0.2, -0.15) is 0 Å². The predicted octanol–water partition coefficient (Wildman–Crippen LogP) is 11.4. The zero-order valence-electron chi connectivity index (χ0n) is 24.1. The van der Waals surface area contributed by atoms with Gasteiger partial charge in [0.15, 0.2) is 0 Å². The fourth-order valence-electron chi connectivity index (χ4n) is 2.18. The average molecular weight is 459 g/mol. The van der Waals surface area contributed by atoms with E-state index in [1.165, 1.54) is 0 Å². The summed E-state index contributed by atoms with van der Waals surface area (Å²) in [6.45, 7) is 34.5. The molecule has 0 aliphatic rings. The van der Waals surface area contributed by atoms with Gasteiger partial charge in [-0.05, 0) is 45.4 Å². The van der Waals surface area contributed by atoms with Crippen LogP contribution in [0.25, 0.3) is 17.0 Å². The Hall–Kier alpha value is -2.74. The number of benzene rings is 1. The van der Waals surface area contributed by atoms with Gasteiger partial charge < -0.3 is 9.15 Å². The van der Waals surface area contributed by atoms with Crippen LogP contribution in [0.4, 0.5) is 0 Å². The SMILES string of the molecule is C=C/C(OC)=C(C)\C=C/C.C=CC.C=Cc1c(C)oc2ccccc12.CC.CC.CC.CC. The van der Waals surface area contributed by atoms with Crippen molar-refractivity contribution in [3.63, 3.8) is 0 Å². The van der Waals surface area contributed by atoms with E-state index in [1.807, 2.05) is 126 Å². The van der Waals surface area contributed by atoms with Crippen molar-refractivity contribution in [2.45, 2.75) is 83.1 Å². The van der Waals surface area contributed by atoms with E-state index in [1.54, 1.807) is 19.3 Å². The predicted molar refractivity (Wildman–Crippen MR) is 157 cm³/mol. The number of ether oxygens (including phenoxy) is 1. The van der Waals surface area contributed by atoms with Crippen LogP contribution in [0, 0.1) is 6.92 Å². The van der Waals surface area contributed by atoms with Crippen molar-refractivity contribution in [1.82, 2.24) is 0 Å². The van der Waals surface area contributed by atoms with E-state index in [0.717, 1.165) is 33.6 Å². The maximum Gasteiger partial charge on any atom is 0.134 e. The Kier molecular flexibility index (Phi) is 41.7. The molecule has 1 heterocycles. The number of fused-ring (bicyclic) bond motifs is 1. The number of rotatable bonds is 4. The summed E-state index contributed by atoms with van der Waals surface area (Å²) in [5.74, 6) is 1.77. The van der Waals surface area contributed by atoms with Crippen molar-refractivity contribution >= 4 is 17.0 Å². The Morgan fingerprint density at radius 2 is 1.33 bits per heavy atom. The molecule has 0 bridgehead atoms. The molecule has 0 fully saturated rings. The van der Waals surface area contributed by atoms with Gasteiger partial charge >= 0.3 is 0 Å². The van der Waals surface area contributed by atoms with E-state index >= 15 is 0 Å². The highest BCUT2D eigenvalue weighted by molar-refractivity contribution is 5.88. The van der Waals surface area contributed by atoms with E-state index in [9.17, 15) is 0 Å². The fourth-order valence-corrected chi connectivity index (χ4v) is 2.18. The van der Waals surface area contributed by atoms with Crippen LogP contribution >= 0.6 is 0 Å². The smallest absolute Gasteiger partial charge is 0.134 e. The van der Waals surface area contributed by atoms with Crippen LogP contribution in [0.2, 0.25) is 0 Å². The van der Waals surface area contributed by atoms with Gasteiger partial charge in [0.25, 0.3) is 0 Å². The third-order valence-electron chi connectivity index (χ3n) is 3.23. The molecule has 0 atom stereocenters. The average Bonchev–Trinajstić information content (AvgIpc) is 3.21. The number of hydrogen-bond donors (Lipinski definition) is 0. The lowest BCUT2D eigenvalue weighted by Gasteiger charge is -2.01. The number of aryl methyl sites for hydroxylation is 1. The minimum absolute atomic E-state index is 0.832. The van der Waals surface area contributed by atoms with Crippen LogP contribution in [0.3, 0.4) is 0 Å². The Bertz CT molecular complexity index is 743. The second kappa shape index (κ2) is 33.9. The summed E-state index contributed by atoms with van der Waals surface area (Å²) in [6.07, 6.45) is 9.24. The molecule has 2 heteroatoms. The maximum atomic E-state index is 5.52. The van der Waals surface area contributed by atoms with Crippen LogP contribution < -0.4 is 0 Å². The number of hydrogen-bond acceptors (Lipinski definition) is 2. The number of methoxy groups -OCH3 is 1. The molecule has 190 valence electrons. The lowest BCUT2D eigenvalue weighted by molar-refractivity contribution is 0.304. The first-order chi connectivity index (χ1) is 16.0. The highest BCUT2D eigenvalue weighted by Gasteiger charge is 2.05. The summed E-state index contributed by atoms with van der Waals surface area (Å²) in [5.41, 5.74) is 3.13. The summed E-state index contributed by atoms with van der Waals surface area (Å²) < 4.78 is 10.5. The molecule has 0 aliphatic carbocycles. The number of allylic oxidation sites excluding steroid dienone is 5. The van der Waals surface area contributed by atoms with Gasteiger partial charge in [-0.25, -0.2) is 0 Å². The molecule has 2 aromatic rings. The molecule has 0 N–H and O–H groups in total. The van der Waals surface area contributed by atoms with E-state index in [-0.39, 0.29) is 0 Å². The van der Waals surface area contributed by atoms with Gasteiger partial charge in [0.05, 0.1) is 7.11 Å². The molecule has 1 aromatic carbocycles. The Balaban J connectivity index is -0.000000113. The first-order valence-electron chi connectivity index (χ1n) is 12.2. The second-order valence-corrected chi connectivity index (χ2v) is 5.14. The monoisotopic (exact) mass is 458 g/mol. The molecule has 1 aromatic heterocycles. The molecule has 2 nitrogen and oxygen atoms in total. The summed E-state index contributed by atoms with van der Waals surface area (Å²) in [6, 6.07) is 7.99. The van der Waals surface area contributed by atoms with Gasteiger partial charge in [0.2, 0.25) is 0 Å². The minimum atomic E-state index is 0.832. The Morgan fingerprint density at radius 3 is 1.70 bits per heavy atom. The van der Waals surface area contributed by atoms with Gasteiger partial charge in [0, 0.05) is 10.9 Å². The van der Waals surface area contributed by atoms with Crippen LogP contribution in [0.5, 0.6) is 0 Å². The molecule has 0 saturated heterocycles. The zero-order chi connectivity index (χ0) is 27.2. The van der Waals surface area contributed by atoms with Crippen molar-refractivity contribution in [2.75, 3.05) is 7.11 Å². The first-order valence-corrected chi connectivity index (χ1v) is 12.2. The van der Waals surface area contributed by atoms with Crippen molar-refractivity contribution in [2.24, 2.45) is 0 Å². The first kappa shape index (κ1) is 40.6. The highest BCUT2D eigenvalue weighted by Crippen LogP contribution is 2.25. The van der Waals surface area contributed by atoms with Crippen LogP contribution in [0.15, 0.2) is 84.1 Å². The quantitative estimate of drug-likeness (QED) is 0.258. The molecule has 0 unspecified atom stereocenters. The molecule has 0 aliphatic heterocycles. The third kappa shape index (κ3) is 19.7. The number of para-hydroxylation sites is 1. The normalized spacial score (nSPS) is 8.88. The molecule has 0 amide bonds. The van der Waals surface area contributed by atoms with Gasteiger partial charge in [-0.15, -0.1) is 6.58 Å². The summed E-state index contributed by atoms with van der Waals surface area (Å²) >= 11 is 0. The maximum absolute atomic E-state index is 5.52. The van der Waals surface area contributed by atoms with E-state index in [4.69, 9.17) is 9.15 Å². The highest BCUT2D eigenvalue weighted by atomic mass is 16.5. The molecule has 0 saturated carbocycles. The van der Waals surface area contributed by atoms with E-state index < -0.39 is 0 Å². The largest absolute Gasteiger partial charge is 0.497 e. The molecule has 2 rings (SSSR count). The summed E-state index contributed by atoms with van der Waals surface area (Å²) in [7, 11) is 1.64. The Morgan fingerprint density at radius 1 is 0.879 bits per heavy atom. The van der Waals surface area contributed by atoms with Crippen LogP contribution in [0.1, 0.15) is 87.5 Å². The molecular weight excluding hydrogens is 404 g/mol. The van der Waals surface area contributed by atoms with Crippen molar-refractivity contribution in [3.8, 4) is 0 Å². The van der Waals surface area contributed by atoms with Crippen molar-refractivity contribution < 1.29 is 9.15 Å². The van der Waals surface area contributed by atoms with Crippen molar-refractivity contribution in [3.05, 3.63) is 91.0 Å². The van der Waals surface area contributed by atoms with Crippen LogP contribution in [-0.2, 0) is 4.74 Å². The van der Waals surface area contributed by atoms with E-state index in [2.05, 4.69) is 19.7 Å². The molecule has 0 radical (unpaired) electrons. The second-order valence-electron chi connectivity index (χ2n) is 5.14. The number of furan rings is 1. The Labute approximate surface area is 207 Å². The fraction of sp³-hybridized carbons (Fsp3) is 0.419. The summed E-state index contributed by atoms with van der Waals surface area (Å²) in [5, 5.41) is 1.14. The van der Waals surface area contributed by atoms with E-state index in [0.29, 0.717) is 0 Å². The van der Waals surface area contributed by atoms with Gasteiger partial charge in [-0.1, -0.05) is 111 Å². The standard InChI is InChI=1S/C11H10O.C9H14O.C3H6.4C2H6/c1-3-9-8(2)12-11-7-5-4-6-10(9)11;1-5-7-8(3)9(6-2)10-4;1-3-2;4*1-2/h3-7H,1H2,2H3;5-7H,2H2,1,3-4H3;3H,1H2,2H3;4*1-2H3/b;7-5-,9-8+;;;;;. The van der Waals surface area contributed by atoms with Crippen LogP contribution in [-0.4, -0.2) is 7.11 Å². The molecule has 33 heavy (non-hydrogen) atoms.